The molecule has 6 nitrogen and oxygen atoms in total. The van der Waals surface area contributed by atoms with E-state index < -0.39 is 5.91 Å². The number of ether oxygens (including phenoxy) is 1. The van der Waals surface area contributed by atoms with Crippen LogP contribution in [-0.2, 0) is 9.59 Å². The Morgan fingerprint density at radius 2 is 1.81 bits per heavy atom. The topological polar surface area (TPSA) is 79.8 Å². The molecule has 2 aromatic carbocycles. The number of hydrazone groups is 1. The van der Waals surface area contributed by atoms with Crippen LogP contribution in [-0.4, -0.2) is 24.1 Å². The van der Waals surface area contributed by atoms with Crippen molar-refractivity contribution >= 4 is 39.1 Å². The van der Waals surface area contributed by atoms with Crippen LogP contribution in [0.25, 0.3) is 0 Å². The number of hydrogen-bond donors (Lipinski definition) is 2. The van der Waals surface area contributed by atoms with E-state index in [0.29, 0.717) is 11.5 Å². The molecule has 0 fully saturated rings. The molecule has 142 valence electrons. The second kappa shape index (κ2) is 9.87. The molecule has 0 aliphatic heterocycles. The maximum absolute atomic E-state index is 12.1. The summed E-state index contributed by atoms with van der Waals surface area (Å²) in [7, 11) is 0. The number of nitrogens with zero attached hydrogens (tertiary/aromatic N) is 1. The average Bonchev–Trinajstić information content (AvgIpc) is 2.63. The molecule has 0 unspecified atom stereocenters. The molecule has 0 atom stereocenters. The number of carbonyl (C=O) groups excluding carboxylic acids is 2. The van der Waals surface area contributed by atoms with Crippen LogP contribution in [0, 0.1) is 13.8 Å². The van der Waals surface area contributed by atoms with Crippen molar-refractivity contribution in [2.75, 3.05) is 11.9 Å². The normalized spacial score (nSPS) is 11.0. The molecule has 0 heterocycles. The SMILES string of the molecule is C/C(CC(=O)Nc1ccccc1C)=N/NC(=O)COc1ccc(Br)c(C)c1. The molecule has 0 radical (unpaired) electrons. The summed E-state index contributed by atoms with van der Waals surface area (Å²) in [5.74, 6) is 0.0137. The molecule has 27 heavy (non-hydrogen) atoms. The Labute approximate surface area is 167 Å². The lowest BCUT2D eigenvalue weighted by atomic mass is 10.2. The molecule has 0 aliphatic rings. The fourth-order valence-electron chi connectivity index (χ4n) is 2.23. The fourth-order valence-corrected chi connectivity index (χ4v) is 2.47. The number of rotatable bonds is 7. The van der Waals surface area contributed by atoms with Crippen LogP contribution in [0.15, 0.2) is 52.0 Å². The Kier molecular flexibility index (Phi) is 7.55. The van der Waals surface area contributed by atoms with Gasteiger partial charge in [-0.2, -0.15) is 5.10 Å². The van der Waals surface area contributed by atoms with Gasteiger partial charge in [-0.3, -0.25) is 9.59 Å². The van der Waals surface area contributed by atoms with E-state index in [1.54, 1.807) is 13.0 Å². The standard InChI is InChI=1S/C20H22BrN3O3/c1-13-6-4-5-7-18(13)22-19(25)11-15(3)23-24-20(26)12-27-16-8-9-17(21)14(2)10-16/h4-10H,11-12H2,1-3H3,(H,22,25)(H,24,26)/b23-15-. The zero-order chi connectivity index (χ0) is 19.8. The molecule has 0 aliphatic carbocycles. The monoisotopic (exact) mass is 431 g/mol. The lowest BCUT2D eigenvalue weighted by Crippen LogP contribution is -2.26. The Hall–Kier alpha value is -2.67. The van der Waals surface area contributed by atoms with Crippen molar-refractivity contribution in [1.82, 2.24) is 5.43 Å². The summed E-state index contributed by atoms with van der Waals surface area (Å²) in [6.07, 6.45) is 0.0847. The first-order chi connectivity index (χ1) is 12.8. The van der Waals surface area contributed by atoms with Crippen molar-refractivity contribution < 1.29 is 14.3 Å². The summed E-state index contributed by atoms with van der Waals surface area (Å²) >= 11 is 3.41. The zero-order valence-electron chi connectivity index (χ0n) is 15.5. The third-order valence-corrected chi connectivity index (χ3v) is 4.60. The van der Waals surface area contributed by atoms with E-state index in [0.717, 1.165) is 21.3 Å². The van der Waals surface area contributed by atoms with Crippen LogP contribution < -0.4 is 15.5 Å². The first-order valence-electron chi connectivity index (χ1n) is 8.41. The highest BCUT2D eigenvalue weighted by molar-refractivity contribution is 9.10. The Morgan fingerprint density at radius 1 is 1.07 bits per heavy atom. The highest BCUT2D eigenvalue weighted by Gasteiger charge is 2.07. The van der Waals surface area contributed by atoms with Gasteiger partial charge in [-0.05, 0) is 56.2 Å². The second-order valence-corrected chi connectivity index (χ2v) is 6.98. The molecular weight excluding hydrogens is 410 g/mol. The van der Waals surface area contributed by atoms with Crippen LogP contribution in [0.5, 0.6) is 5.75 Å². The van der Waals surface area contributed by atoms with Gasteiger partial charge in [0.25, 0.3) is 5.91 Å². The van der Waals surface area contributed by atoms with Crippen molar-refractivity contribution in [3.63, 3.8) is 0 Å². The third kappa shape index (κ3) is 6.86. The Bertz CT molecular complexity index is 865. The van der Waals surface area contributed by atoms with E-state index in [2.05, 4.69) is 31.8 Å². The molecule has 0 saturated carbocycles. The lowest BCUT2D eigenvalue weighted by molar-refractivity contribution is -0.123. The van der Waals surface area contributed by atoms with Crippen molar-refractivity contribution in [3.8, 4) is 5.75 Å². The van der Waals surface area contributed by atoms with Crippen molar-refractivity contribution in [3.05, 3.63) is 58.1 Å². The molecule has 2 aromatic rings. The van der Waals surface area contributed by atoms with E-state index in [-0.39, 0.29) is 18.9 Å². The van der Waals surface area contributed by atoms with Gasteiger partial charge in [-0.1, -0.05) is 34.1 Å². The van der Waals surface area contributed by atoms with Crippen LogP contribution in [0.4, 0.5) is 5.69 Å². The van der Waals surface area contributed by atoms with E-state index in [4.69, 9.17) is 4.74 Å². The van der Waals surface area contributed by atoms with Gasteiger partial charge in [0.15, 0.2) is 6.61 Å². The number of halogens is 1. The molecule has 0 saturated heterocycles. The number of aryl methyl sites for hydroxylation is 2. The Balaban J connectivity index is 1.78. The highest BCUT2D eigenvalue weighted by atomic mass is 79.9. The lowest BCUT2D eigenvalue weighted by Gasteiger charge is -2.08. The molecule has 0 spiro atoms. The summed E-state index contributed by atoms with van der Waals surface area (Å²) in [5.41, 5.74) is 5.65. The number of amides is 2. The number of nitrogens with one attached hydrogen (secondary N) is 2. The van der Waals surface area contributed by atoms with E-state index in [1.807, 2.05) is 50.2 Å². The maximum atomic E-state index is 12.1. The van der Waals surface area contributed by atoms with Crippen LogP contribution in [0.1, 0.15) is 24.5 Å². The first-order valence-corrected chi connectivity index (χ1v) is 9.21. The summed E-state index contributed by atoms with van der Waals surface area (Å²) in [5, 5.41) is 6.77. The van der Waals surface area contributed by atoms with Gasteiger partial charge < -0.3 is 10.1 Å². The highest BCUT2D eigenvalue weighted by Crippen LogP contribution is 2.21. The fraction of sp³-hybridized carbons (Fsp3) is 0.250. The molecule has 2 N–H and O–H groups in total. The minimum Gasteiger partial charge on any atom is -0.484 e. The van der Waals surface area contributed by atoms with Crippen molar-refractivity contribution in [1.29, 1.82) is 0 Å². The molecular formula is C20H22BrN3O3. The third-order valence-electron chi connectivity index (χ3n) is 3.71. The van der Waals surface area contributed by atoms with Gasteiger partial charge >= 0.3 is 0 Å². The van der Waals surface area contributed by atoms with Crippen molar-refractivity contribution in [2.24, 2.45) is 5.10 Å². The van der Waals surface area contributed by atoms with Crippen LogP contribution >= 0.6 is 15.9 Å². The molecule has 0 aromatic heterocycles. The zero-order valence-corrected chi connectivity index (χ0v) is 17.1. The van der Waals surface area contributed by atoms with E-state index >= 15 is 0 Å². The van der Waals surface area contributed by atoms with Gasteiger partial charge in [-0.15, -0.1) is 0 Å². The Morgan fingerprint density at radius 3 is 2.52 bits per heavy atom. The van der Waals surface area contributed by atoms with Gasteiger partial charge in [0.2, 0.25) is 5.91 Å². The van der Waals surface area contributed by atoms with Crippen molar-refractivity contribution in [2.45, 2.75) is 27.2 Å². The smallest absolute Gasteiger partial charge is 0.277 e. The minimum absolute atomic E-state index is 0.0847. The summed E-state index contributed by atoms with van der Waals surface area (Å²) in [6.45, 7) is 5.38. The average molecular weight is 432 g/mol. The number of anilines is 1. The van der Waals surface area contributed by atoms with Gasteiger partial charge in [0, 0.05) is 15.9 Å². The van der Waals surface area contributed by atoms with Crippen LogP contribution in [0.2, 0.25) is 0 Å². The first kappa shape index (κ1) is 20.6. The van der Waals surface area contributed by atoms with Gasteiger partial charge in [0.1, 0.15) is 5.75 Å². The summed E-state index contributed by atoms with van der Waals surface area (Å²) in [6, 6.07) is 13.0. The second-order valence-electron chi connectivity index (χ2n) is 6.12. The number of benzene rings is 2. The molecule has 0 bridgehead atoms. The largest absolute Gasteiger partial charge is 0.484 e. The number of hydrogen-bond acceptors (Lipinski definition) is 4. The predicted molar refractivity (Wildman–Crippen MR) is 110 cm³/mol. The maximum Gasteiger partial charge on any atom is 0.277 e. The predicted octanol–water partition coefficient (Wildman–Crippen LogP) is 3.97. The summed E-state index contributed by atoms with van der Waals surface area (Å²) in [4.78, 5) is 23.9. The van der Waals surface area contributed by atoms with E-state index in [9.17, 15) is 9.59 Å². The minimum atomic E-state index is -0.394. The molecule has 2 amide bonds. The summed E-state index contributed by atoms with van der Waals surface area (Å²) < 4.78 is 6.40. The molecule has 2 rings (SSSR count). The quantitative estimate of drug-likeness (QED) is 0.514. The van der Waals surface area contributed by atoms with Gasteiger partial charge in [-0.25, -0.2) is 5.43 Å². The number of carbonyl (C=O) groups is 2. The van der Waals surface area contributed by atoms with Crippen LogP contribution in [0.3, 0.4) is 0 Å². The molecule has 7 heteroatoms. The number of para-hydroxylation sites is 1. The van der Waals surface area contributed by atoms with Gasteiger partial charge in [0.05, 0.1) is 6.42 Å². The van der Waals surface area contributed by atoms with E-state index in [1.165, 1.54) is 0 Å².